The van der Waals surface area contributed by atoms with Gasteiger partial charge in [0.05, 0.1) is 5.92 Å². The summed E-state index contributed by atoms with van der Waals surface area (Å²) in [4.78, 5) is 31.0. The first-order valence-corrected chi connectivity index (χ1v) is 10.9. The Morgan fingerprint density at radius 1 is 1.22 bits per heavy atom. The predicted octanol–water partition coefficient (Wildman–Crippen LogP) is 5.43. The van der Waals surface area contributed by atoms with Crippen molar-refractivity contribution in [3.63, 3.8) is 0 Å². The van der Waals surface area contributed by atoms with Crippen molar-refractivity contribution in [2.75, 3.05) is 5.32 Å². The number of halogens is 2. The minimum atomic E-state index is -0.908. The molecule has 2 aromatic rings. The van der Waals surface area contributed by atoms with Crippen LogP contribution in [0.5, 0.6) is 0 Å². The molecular formula is C25H25ClFN3O2. The van der Waals surface area contributed by atoms with E-state index in [1.165, 1.54) is 12.1 Å². The van der Waals surface area contributed by atoms with Gasteiger partial charge in [0, 0.05) is 45.7 Å². The third-order valence-electron chi connectivity index (χ3n) is 5.93. The van der Waals surface area contributed by atoms with Crippen LogP contribution in [0.2, 0.25) is 5.02 Å². The normalized spacial score (nSPS) is 20.1. The smallest absolute Gasteiger partial charge is 0.255 e. The van der Waals surface area contributed by atoms with Gasteiger partial charge in [0.1, 0.15) is 11.6 Å². The fourth-order valence-corrected chi connectivity index (χ4v) is 4.81. The van der Waals surface area contributed by atoms with E-state index in [0.29, 0.717) is 29.9 Å². The van der Waals surface area contributed by atoms with Crippen LogP contribution < -0.4 is 10.6 Å². The molecule has 2 aliphatic rings. The van der Waals surface area contributed by atoms with Crippen molar-refractivity contribution in [1.29, 1.82) is 0 Å². The Balaban J connectivity index is 1.85. The number of carbonyl (C=O) groups is 2. The molecule has 0 radical (unpaired) electrons. The van der Waals surface area contributed by atoms with Crippen LogP contribution in [0.15, 0.2) is 59.1 Å². The van der Waals surface area contributed by atoms with Crippen molar-refractivity contribution in [2.24, 2.45) is 5.41 Å². The quantitative estimate of drug-likeness (QED) is 0.650. The number of pyridine rings is 1. The van der Waals surface area contributed by atoms with Crippen molar-refractivity contribution in [2.45, 2.75) is 46.5 Å². The van der Waals surface area contributed by atoms with Gasteiger partial charge in [-0.2, -0.15) is 0 Å². The van der Waals surface area contributed by atoms with Crippen molar-refractivity contribution < 1.29 is 14.0 Å². The molecule has 0 saturated carbocycles. The molecule has 2 N–H and O–H groups in total. The van der Waals surface area contributed by atoms with Crippen LogP contribution in [0.4, 0.5) is 10.2 Å². The van der Waals surface area contributed by atoms with Crippen LogP contribution in [-0.4, -0.2) is 16.7 Å². The number of aromatic nitrogens is 1. The minimum Gasteiger partial charge on any atom is -0.362 e. The monoisotopic (exact) mass is 453 g/mol. The van der Waals surface area contributed by atoms with Gasteiger partial charge in [0.15, 0.2) is 5.78 Å². The van der Waals surface area contributed by atoms with E-state index < -0.39 is 17.6 Å². The van der Waals surface area contributed by atoms with E-state index in [2.05, 4.69) is 15.6 Å². The molecule has 7 heteroatoms. The number of nitrogens with one attached hydrogen (secondary N) is 2. The molecule has 5 nitrogen and oxygen atoms in total. The molecule has 32 heavy (non-hydrogen) atoms. The molecule has 1 amide bonds. The number of Topliss-reactive ketones (excluding diaryl/α,β-unsaturated/α-hetero) is 1. The zero-order chi connectivity index (χ0) is 23.2. The van der Waals surface area contributed by atoms with E-state index in [4.69, 9.17) is 11.6 Å². The van der Waals surface area contributed by atoms with Crippen LogP contribution >= 0.6 is 11.6 Å². The molecule has 1 aliphatic carbocycles. The number of dihydropyridines is 1. The number of hydrogen-bond acceptors (Lipinski definition) is 4. The van der Waals surface area contributed by atoms with Crippen LogP contribution in [0.3, 0.4) is 0 Å². The molecule has 0 bridgehead atoms. The summed E-state index contributed by atoms with van der Waals surface area (Å²) in [5, 5.41) is 6.22. The number of aryl methyl sites for hydroxylation is 1. The number of hydrogen-bond donors (Lipinski definition) is 2. The molecule has 0 spiro atoms. The highest BCUT2D eigenvalue weighted by molar-refractivity contribution is 6.31. The lowest BCUT2D eigenvalue weighted by atomic mass is 9.68. The number of allylic oxidation sites excluding steroid dienone is 3. The molecule has 0 saturated heterocycles. The summed E-state index contributed by atoms with van der Waals surface area (Å²) in [6.07, 6.45) is 2.57. The molecule has 1 aromatic carbocycles. The predicted molar refractivity (Wildman–Crippen MR) is 123 cm³/mol. The number of ketones is 1. The fraction of sp³-hybridized carbons (Fsp3) is 0.320. The van der Waals surface area contributed by atoms with Crippen LogP contribution in [0.25, 0.3) is 0 Å². The summed E-state index contributed by atoms with van der Waals surface area (Å²) in [5.41, 5.74) is 2.80. The van der Waals surface area contributed by atoms with E-state index in [-0.39, 0.29) is 27.4 Å². The maximum absolute atomic E-state index is 15.1. The summed E-state index contributed by atoms with van der Waals surface area (Å²) in [6.45, 7) is 7.70. The van der Waals surface area contributed by atoms with Crippen LogP contribution in [-0.2, 0) is 9.59 Å². The van der Waals surface area contributed by atoms with Gasteiger partial charge in [-0.15, -0.1) is 0 Å². The number of rotatable bonds is 3. The zero-order valence-corrected chi connectivity index (χ0v) is 19.2. The third-order valence-corrected chi connectivity index (χ3v) is 6.26. The molecule has 0 fully saturated rings. The molecule has 4 rings (SSSR count). The fourth-order valence-electron chi connectivity index (χ4n) is 4.54. The Bertz CT molecular complexity index is 1160. The lowest BCUT2D eigenvalue weighted by Gasteiger charge is -2.39. The Morgan fingerprint density at radius 3 is 2.62 bits per heavy atom. The second kappa shape index (κ2) is 8.17. The number of anilines is 1. The topological polar surface area (TPSA) is 71.1 Å². The van der Waals surface area contributed by atoms with Gasteiger partial charge in [0.25, 0.3) is 5.91 Å². The maximum atomic E-state index is 15.1. The molecule has 1 aromatic heterocycles. The average Bonchev–Trinajstić information content (AvgIpc) is 2.68. The van der Waals surface area contributed by atoms with E-state index in [0.717, 1.165) is 11.3 Å². The first-order valence-electron chi connectivity index (χ1n) is 10.5. The SMILES string of the molecule is CC1=C(C(=O)Nc2ccc(C)cn2)[C@H](c2c(F)cccc2Cl)C2=C(CC(C)(C)CC2=O)N1. The highest BCUT2D eigenvalue weighted by atomic mass is 35.5. The molecule has 2 heterocycles. The first kappa shape index (κ1) is 22.2. The lowest BCUT2D eigenvalue weighted by molar-refractivity contribution is -0.118. The standard InChI is InChI=1S/C25H25ClFN3O2/c1-13-8-9-19(28-12-13)30-24(32)20-14(2)29-17-10-25(3,4)11-18(31)22(17)23(20)21-15(26)6-5-7-16(21)27/h5-9,12,23,29H,10-11H2,1-4H3,(H,28,30,32)/t23-/m1/s1. The second-order valence-corrected chi connectivity index (χ2v) is 9.65. The van der Waals surface area contributed by atoms with Gasteiger partial charge < -0.3 is 10.6 Å². The minimum absolute atomic E-state index is 0.112. The van der Waals surface area contributed by atoms with Crippen LogP contribution in [0, 0.1) is 18.2 Å². The summed E-state index contributed by atoms with van der Waals surface area (Å²) < 4.78 is 15.1. The molecule has 1 aliphatic heterocycles. The average molecular weight is 454 g/mol. The number of carbonyl (C=O) groups excluding carboxylic acids is 2. The number of nitrogens with zero attached hydrogens (tertiary/aromatic N) is 1. The van der Waals surface area contributed by atoms with Crippen molar-refractivity contribution in [1.82, 2.24) is 10.3 Å². The van der Waals surface area contributed by atoms with E-state index in [1.54, 1.807) is 25.3 Å². The van der Waals surface area contributed by atoms with Gasteiger partial charge in [-0.05, 0) is 49.4 Å². The highest BCUT2D eigenvalue weighted by Gasteiger charge is 2.44. The Kier molecular flexibility index (Phi) is 5.67. The molecule has 1 atom stereocenters. The summed E-state index contributed by atoms with van der Waals surface area (Å²) in [7, 11) is 0. The van der Waals surface area contributed by atoms with Gasteiger partial charge in [0.2, 0.25) is 0 Å². The third kappa shape index (κ3) is 4.07. The Morgan fingerprint density at radius 2 is 1.97 bits per heavy atom. The van der Waals surface area contributed by atoms with E-state index in [1.807, 2.05) is 26.8 Å². The molecule has 0 unspecified atom stereocenters. The maximum Gasteiger partial charge on any atom is 0.255 e. The van der Waals surface area contributed by atoms with Crippen molar-refractivity contribution >= 4 is 29.1 Å². The van der Waals surface area contributed by atoms with Crippen molar-refractivity contribution in [3.8, 4) is 0 Å². The van der Waals surface area contributed by atoms with Crippen molar-refractivity contribution in [3.05, 3.63) is 81.0 Å². The Hall–Kier alpha value is -2.99. The highest BCUT2D eigenvalue weighted by Crippen LogP contribution is 2.48. The van der Waals surface area contributed by atoms with Gasteiger partial charge >= 0.3 is 0 Å². The summed E-state index contributed by atoms with van der Waals surface area (Å²) in [5.74, 6) is -1.66. The number of amides is 1. The summed E-state index contributed by atoms with van der Waals surface area (Å²) in [6, 6.07) is 7.92. The second-order valence-electron chi connectivity index (χ2n) is 9.24. The summed E-state index contributed by atoms with van der Waals surface area (Å²) >= 11 is 6.43. The largest absolute Gasteiger partial charge is 0.362 e. The van der Waals surface area contributed by atoms with Gasteiger partial charge in [-0.1, -0.05) is 37.6 Å². The number of benzene rings is 1. The van der Waals surface area contributed by atoms with E-state index in [9.17, 15) is 9.59 Å². The Labute approximate surface area is 191 Å². The molecular weight excluding hydrogens is 429 g/mol. The van der Waals surface area contributed by atoms with Crippen LogP contribution in [0.1, 0.15) is 50.7 Å². The zero-order valence-electron chi connectivity index (χ0n) is 18.5. The molecule has 166 valence electrons. The van der Waals surface area contributed by atoms with E-state index >= 15 is 4.39 Å². The first-order chi connectivity index (χ1) is 15.1. The lowest BCUT2D eigenvalue weighted by Crippen LogP contribution is -2.39. The van der Waals surface area contributed by atoms with Gasteiger partial charge in [-0.3, -0.25) is 9.59 Å². The van der Waals surface area contributed by atoms with Gasteiger partial charge in [-0.25, -0.2) is 9.37 Å².